The zero-order valence-corrected chi connectivity index (χ0v) is 46.3. The van der Waals surface area contributed by atoms with E-state index in [2.05, 4.69) is 140 Å². The molecule has 9 heteroatoms. The lowest BCUT2D eigenvalue weighted by molar-refractivity contribution is -0.133. The number of hydrogen-bond donors (Lipinski definition) is 0. The Labute approximate surface area is 364 Å². The Kier molecular flexibility index (Phi) is 17.0. The first-order chi connectivity index (χ1) is 26.0. The van der Waals surface area contributed by atoms with Crippen LogP contribution in [0.1, 0.15) is 160 Å². The summed E-state index contributed by atoms with van der Waals surface area (Å²) >= 11 is 0. The Morgan fingerprint density at radius 3 is 1.74 bits per heavy atom. The molecular formula is C49H96O5Si4. The van der Waals surface area contributed by atoms with Crippen molar-refractivity contribution in [2.45, 2.75) is 259 Å². The molecule has 3 unspecified atom stereocenters. The van der Waals surface area contributed by atoms with Gasteiger partial charge < -0.3 is 17.7 Å². The van der Waals surface area contributed by atoms with Crippen LogP contribution in [-0.2, 0) is 22.5 Å². The third kappa shape index (κ3) is 14.7. The van der Waals surface area contributed by atoms with Gasteiger partial charge in [0, 0.05) is 6.42 Å². The Morgan fingerprint density at radius 2 is 1.26 bits per heavy atom. The molecule has 0 aliphatic heterocycles. The highest BCUT2D eigenvalue weighted by Gasteiger charge is 2.52. The quantitative estimate of drug-likeness (QED) is 0.128. The fourth-order valence-electron chi connectivity index (χ4n) is 10.6. The molecule has 5 nitrogen and oxygen atoms in total. The summed E-state index contributed by atoms with van der Waals surface area (Å²) in [5.41, 5.74) is 2.61. The number of ketones is 1. The minimum absolute atomic E-state index is 0.114. The smallest absolute Gasteiger partial charge is 0.192 e. The molecule has 6 atom stereocenters. The Hall–Kier alpha value is -0.142. The average Bonchev–Trinajstić information content (AvgIpc) is 3.34. The van der Waals surface area contributed by atoms with E-state index in [0.717, 1.165) is 38.5 Å². The molecule has 0 heterocycles. The van der Waals surface area contributed by atoms with Crippen molar-refractivity contribution in [3.05, 3.63) is 23.3 Å². The summed E-state index contributed by atoms with van der Waals surface area (Å²) in [7, 11) is -7.38. The number of allylic oxidation sites excluding steroid dienone is 3. The van der Waals surface area contributed by atoms with Crippen LogP contribution in [0.25, 0.3) is 0 Å². The number of hydrogen-bond acceptors (Lipinski definition) is 5. The molecule has 0 aromatic rings. The van der Waals surface area contributed by atoms with Crippen molar-refractivity contribution in [2.75, 3.05) is 0 Å². The maximum absolute atomic E-state index is 13.9. The Bertz CT molecular complexity index is 1400. The van der Waals surface area contributed by atoms with E-state index in [0.29, 0.717) is 24.2 Å². The molecule has 0 N–H and O–H groups in total. The van der Waals surface area contributed by atoms with Crippen molar-refractivity contribution in [1.82, 2.24) is 0 Å². The molecule has 3 aliphatic carbocycles. The second kappa shape index (κ2) is 18.9. The van der Waals surface area contributed by atoms with Gasteiger partial charge in [0.1, 0.15) is 5.60 Å². The van der Waals surface area contributed by atoms with E-state index in [1.54, 1.807) is 5.57 Å². The molecule has 3 saturated carbocycles. The summed E-state index contributed by atoms with van der Waals surface area (Å²) in [6.45, 7) is 48.5. The third-order valence-corrected chi connectivity index (χ3v) is 26.4. The van der Waals surface area contributed by atoms with Crippen molar-refractivity contribution in [2.24, 2.45) is 23.2 Å². The summed E-state index contributed by atoms with van der Waals surface area (Å²) in [5.74, 6) is 2.05. The monoisotopic (exact) mass is 877 g/mol. The standard InChI is InChI=1S/C49H96O5Si4/c1-45(2,3)57(18,19)51-40-34-37(35-41(36-40)52-58(20,21)46(4,5)6)26-27-38-25-23-33-49(11)42(38)29-30-43(49)39(24-22-32-47(7,8)53-55(12,13)14)28-31-44(50)48(9,10)54-56(15,16)17/h26-27,39-43H,22-25,28-36H2,1-21H3/b37-26?,38-27+/t39-,40+,41?,42?,43?,49-/m0/s1. The van der Waals surface area contributed by atoms with Gasteiger partial charge in [-0.15, -0.1) is 0 Å². The molecule has 338 valence electrons. The van der Waals surface area contributed by atoms with E-state index in [1.165, 1.54) is 44.1 Å². The van der Waals surface area contributed by atoms with E-state index in [9.17, 15) is 4.79 Å². The molecule has 3 aliphatic rings. The topological polar surface area (TPSA) is 54.0 Å². The minimum Gasteiger partial charge on any atom is -0.414 e. The summed E-state index contributed by atoms with van der Waals surface area (Å²) < 4.78 is 27.4. The third-order valence-electron chi connectivity index (χ3n) is 15.1. The van der Waals surface area contributed by atoms with E-state index >= 15 is 0 Å². The second-order valence-electron chi connectivity index (χ2n) is 25.6. The molecule has 0 saturated heterocycles. The Balaban J connectivity index is 1.91. The first-order valence-electron chi connectivity index (χ1n) is 23.6. The molecule has 0 aromatic carbocycles. The summed E-state index contributed by atoms with van der Waals surface area (Å²) in [6, 6.07) is 0. The van der Waals surface area contributed by atoms with Gasteiger partial charge in [-0.05, 0) is 191 Å². The van der Waals surface area contributed by atoms with Gasteiger partial charge in [0.05, 0.1) is 17.8 Å². The maximum Gasteiger partial charge on any atom is 0.192 e. The molecule has 58 heavy (non-hydrogen) atoms. The van der Waals surface area contributed by atoms with E-state index in [-0.39, 0.29) is 39.1 Å². The van der Waals surface area contributed by atoms with Gasteiger partial charge in [-0.2, -0.15) is 0 Å². The fourth-order valence-corrected chi connectivity index (χ4v) is 16.7. The van der Waals surface area contributed by atoms with Crippen LogP contribution in [0.5, 0.6) is 0 Å². The second-order valence-corrected chi connectivity index (χ2v) is 44.0. The predicted octanol–water partition coefficient (Wildman–Crippen LogP) is 15.4. The van der Waals surface area contributed by atoms with Gasteiger partial charge in [0.2, 0.25) is 0 Å². The maximum atomic E-state index is 13.9. The van der Waals surface area contributed by atoms with Crippen molar-refractivity contribution < 1.29 is 22.5 Å². The number of carbonyl (C=O) groups is 1. The summed E-state index contributed by atoms with van der Waals surface area (Å²) in [5, 5.41) is 0.359. The lowest BCUT2D eigenvalue weighted by Gasteiger charge is -2.45. The molecule has 0 bridgehead atoms. The number of carbonyl (C=O) groups excluding carboxylic acids is 1. The van der Waals surface area contributed by atoms with Crippen LogP contribution in [0.2, 0.25) is 75.5 Å². The fraction of sp³-hybridized carbons (Fsp3) is 0.898. The molecule has 0 radical (unpaired) electrons. The van der Waals surface area contributed by atoms with Crippen LogP contribution in [-0.4, -0.2) is 62.5 Å². The molecule has 3 fully saturated rings. The highest BCUT2D eigenvalue weighted by atomic mass is 28.4. The molecule has 3 rings (SSSR count). The van der Waals surface area contributed by atoms with E-state index in [1.807, 2.05) is 13.8 Å². The van der Waals surface area contributed by atoms with Gasteiger partial charge >= 0.3 is 0 Å². The van der Waals surface area contributed by atoms with Gasteiger partial charge in [-0.1, -0.05) is 84.6 Å². The van der Waals surface area contributed by atoms with Crippen molar-refractivity contribution >= 4 is 39.1 Å². The summed E-state index contributed by atoms with van der Waals surface area (Å²) in [6.07, 6.45) is 19.8. The molecule has 0 spiro atoms. The van der Waals surface area contributed by atoms with E-state index in [4.69, 9.17) is 17.7 Å². The van der Waals surface area contributed by atoms with Crippen LogP contribution in [0.4, 0.5) is 0 Å². The lowest BCUT2D eigenvalue weighted by atomic mass is 9.60. The van der Waals surface area contributed by atoms with Crippen LogP contribution in [0, 0.1) is 23.2 Å². The number of rotatable bonds is 18. The van der Waals surface area contributed by atoms with Gasteiger partial charge in [0.25, 0.3) is 0 Å². The average molecular weight is 878 g/mol. The predicted molar refractivity (Wildman–Crippen MR) is 261 cm³/mol. The van der Waals surface area contributed by atoms with Crippen LogP contribution in [0.15, 0.2) is 23.3 Å². The molecule has 0 amide bonds. The number of Topliss-reactive ketones (excluding diaryl/α,β-unsaturated/α-hetero) is 1. The van der Waals surface area contributed by atoms with Crippen LogP contribution >= 0.6 is 0 Å². The van der Waals surface area contributed by atoms with Gasteiger partial charge in [0.15, 0.2) is 39.1 Å². The largest absolute Gasteiger partial charge is 0.414 e. The zero-order valence-electron chi connectivity index (χ0n) is 42.3. The molecule has 0 aromatic heterocycles. The highest BCUT2D eigenvalue weighted by molar-refractivity contribution is 6.74. The highest BCUT2D eigenvalue weighted by Crippen LogP contribution is 2.60. The first kappa shape index (κ1) is 52.2. The zero-order chi connectivity index (χ0) is 44.6. The minimum atomic E-state index is -1.93. The van der Waals surface area contributed by atoms with Crippen LogP contribution in [0.3, 0.4) is 0 Å². The summed E-state index contributed by atoms with van der Waals surface area (Å²) in [4.78, 5) is 13.9. The normalized spacial score (nSPS) is 27.9. The molecular weight excluding hydrogens is 781 g/mol. The Morgan fingerprint density at radius 1 is 0.741 bits per heavy atom. The SMILES string of the molecule is CC(C)(CCC[C@@H](CCC(=O)C(C)(C)O[Si](C)(C)C)C1CCC2/C(=C/C=C3CC(O[Si](C)(C)C(C)(C)C)C[C@H](O[Si](C)(C)C(C)(C)C)C3)CCC[C@@]21C)O[Si](C)(C)C. The van der Waals surface area contributed by atoms with Crippen molar-refractivity contribution in [3.63, 3.8) is 0 Å². The first-order valence-corrected chi connectivity index (χ1v) is 36.3. The van der Waals surface area contributed by atoms with E-state index < -0.39 is 38.9 Å². The number of fused-ring (bicyclic) bond motifs is 1. The van der Waals surface area contributed by atoms with Gasteiger partial charge in [-0.25, -0.2) is 0 Å². The van der Waals surface area contributed by atoms with Crippen LogP contribution < -0.4 is 0 Å². The van der Waals surface area contributed by atoms with Gasteiger partial charge in [-0.3, -0.25) is 4.79 Å². The lowest BCUT2D eigenvalue weighted by Crippen LogP contribution is -2.48. The van der Waals surface area contributed by atoms with Crippen molar-refractivity contribution in [1.29, 1.82) is 0 Å². The van der Waals surface area contributed by atoms with Crippen molar-refractivity contribution in [3.8, 4) is 0 Å².